The molecule has 17 heavy (non-hydrogen) atoms. The molecule has 0 aliphatic rings. The van der Waals surface area contributed by atoms with Crippen molar-refractivity contribution in [2.75, 3.05) is 7.11 Å². The van der Waals surface area contributed by atoms with Gasteiger partial charge in [-0.3, -0.25) is 4.79 Å². The molecular weight excluding hydrogens is 266 g/mol. The van der Waals surface area contributed by atoms with E-state index in [0.29, 0.717) is 6.07 Å². The van der Waals surface area contributed by atoms with E-state index in [4.69, 9.17) is 0 Å². The van der Waals surface area contributed by atoms with Crippen LogP contribution in [0.25, 0.3) is 0 Å². The summed E-state index contributed by atoms with van der Waals surface area (Å²) >= 11 is 0. The van der Waals surface area contributed by atoms with Crippen molar-refractivity contribution in [3.8, 4) is 0 Å². The predicted molar refractivity (Wildman–Crippen MR) is 50.8 cm³/mol. The second-order valence-corrected chi connectivity index (χ2v) is 3.18. The maximum atomic E-state index is 13.2. The molecular formula is C9H8BF4KO2. The average molecular weight is 274 g/mol. The molecule has 0 aromatic heterocycles. The summed E-state index contributed by atoms with van der Waals surface area (Å²) in [6, 6.07) is 2.08. The monoisotopic (exact) mass is 274 g/mol. The van der Waals surface area contributed by atoms with Crippen LogP contribution >= 0.6 is 0 Å². The number of esters is 1. The van der Waals surface area contributed by atoms with Gasteiger partial charge in [-0.1, -0.05) is 18.2 Å². The van der Waals surface area contributed by atoms with Crippen molar-refractivity contribution in [3.05, 3.63) is 29.6 Å². The van der Waals surface area contributed by atoms with E-state index >= 15 is 0 Å². The first kappa shape index (κ1) is 17.1. The van der Waals surface area contributed by atoms with E-state index in [2.05, 4.69) is 4.74 Å². The summed E-state index contributed by atoms with van der Waals surface area (Å²) in [6.45, 7) is -5.22. The number of carbonyl (C=O) groups excluding carboxylic acids is 1. The molecule has 1 rings (SSSR count). The fourth-order valence-electron chi connectivity index (χ4n) is 1.14. The molecule has 0 spiro atoms. The van der Waals surface area contributed by atoms with E-state index in [9.17, 15) is 22.1 Å². The second-order valence-electron chi connectivity index (χ2n) is 3.18. The van der Waals surface area contributed by atoms with Gasteiger partial charge in [0, 0.05) is 0 Å². The summed E-state index contributed by atoms with van der Waals surface area (Å²) in [7, 11) is 1.12. The minimum Gasteiger partial charge on any atom is -0.469 e. The van der Waals surface area contributed by atoms with Crippen molar-refractivity contribution < 1.29 is 78.3 Å². The van der Waals surface area contributed by atoms with Crippen LogP contribution in [0.4, 0.5) is 17.3 Å². The first-order valence-corrected chi connectivity index (χ1v) is 4.39. The first-order chi connectivity index (χ1) is 7.34. The van der Waals surface area contributed by atoms with Gasteiger partial charge in [-0.15, -0.1) is 5.46 Å². The summed E-state index contributed by atoms with van der Waals surface area (Å²) in [4.78, 5) is 10.8. The summed E-state index contributed by atoms with van der Waals surface area (Å²) in [6.07, 6.45) is -0.381. The molecule has 0 amide bonds. The van der Waals surface area contributed by atoms with E-state index in [0.717, 1.165) is 19.2 Å². The maximum absolute atomic E-state index is 13.2. The molecule has 0 atom stereocenters. The minimum absolute atomic E-state index is 0. The molecule has 0 saturated heterocycles. The van der Waals surface area contributed by atoms with Gasteiger partial charge in [0.1, 0.15) is 5.82 Å². The molecule has 0 N–H and O–H groups in total. The van der Waals surface area contributed by atoms with E-state index in [1.807, 2.05) is 0 Å². The molecule has 88 valence electrons. The van der Waals surface area contributed by atoms with Gasteiger partial charge in [0.05, 0.1) is 13.5 Å². The van der Waals surface area contributed by atoms with Gasteiger partial charge in [-0.05, 0) is 5.56 Å². The predicted octanol–water partition coefficient (Wildman–Crippen LogP) is -1.40. The van der Waals surface area contributed by atoms with Crippen LogP contribution in [0.2, 0.25) is 0 Å². The number of rotatable bonds is 3. The van der Waals surface area contributed by atoms with E-state index < -0.39 is 24.2 Å². The first-order valence-electron chi connectivity index (χ1n) is 4.39. The van der Waals surface area contributed by atoms with Crippen LogP contribution in [0.1, 0.15) is 5.56 Å². The molecule has 1 aromatic rings. The molecule has 0 aliphatic carbocycles. The van der Waals surface area contributed by atoms with E-state index in [-0.39, 0.29) is 63.4 Å². The number of ether oxygens (including phenoxy) is 1. The van der Waals surface area contributed by atoms with E-state index in [1.54, 1.807) is 0 Å². The summed E-state index contributed by atoms with van der Waals surface area (Å²) in [5.41, 5.74) is -1.14. The molecule has 8 heteroatoms. The van der Waals surface area contributed by atoms with Crippen molar-refractivity contribution in [2.24, 2.45) is 0 Å². The van der Waals surface area contributed by atoms with Gasteiger partial charge in [-0.25, -0.2) is 4.39 Å². The number of hydrogen-bond donors (Lipinski definition) is 0. The normalized spacial score (nSPS) is 10.6. The molecule has 0 unspecified atom stereocenters. The molecule has 0 saturated carbocycles. The van der Waals surface area contributed by atoms with Crippen LogP contribution in [-0.2, 0) is 16.0 Å². The Morgan fingerprint density at radius 3 is 2.35 bits per heavy atom. The maximum Gasteiger partial charge on any atom is 1.00 e. The van der Waals surface area contributed by atoms with Crippen LogP contribution < -0.4 is 56.8 Å². The van der Waals surface area contributed by atoms with Gasteiger partial charge < -0.3 is 17.7 Å². The Bertz CT molecular complexity index is 408. The zero-order valence-corrected chi connectivity index (χ0v) is 12.5. The zero-order valence-electron chi connectivity index (χ0n) is 9.34. The topological polar surface area (TPSA) is 26.3 Å². The summed E-state index contributed by atoms with van der Waals surface area (Å²) in [5, 5.41) is 0. The molecule has 0 fully saturated rings. The number of methoxy groups -OCH3 is 1. The zero-order chi connectivity index (χ0) is 12.3. The Kier molecular flexibility index (Phi) is 6.93. The van der Waals surface area contributed by atoms with Crippen molar-refractivity contribution >= 4 is 18.4 Å². The van der Waals surface area contributed by atoms with Crippen molar-refractivity contribution in [1.82, 2.24) is 0 Å². The Morgan fingerprint density at radius 2 is 1.94 bits per heavy atom. The van der Waals surface area contributed by atoms with Crippen LogP contribution in [0.3, 0.4) is 0 Å². The van der Waals surface area contributed by atoms with Gasteiger partial charge in [0.15, 0.2) is 0 Å². The average Bonchev–Trinajstić information content (AvgIpc) is 2.19. The molecule has 2 nitrogen and oxygen atoms in total. The van der Waals surface area contributed by atoms with Gasteiger partial charge >= 0.3 is 64.3 Å². The van der Waals surface area contributed by atoms with Gasteiger partial charge in [0.2, 0.25) is 0 Å². The van der Waals surface area contributed by atoms with Gasteiger partial charge in [0.25, 0.3) is 0 Å². The fraction of sp³-hybridized carbons (Fsp3) is 0.222. The third-order valence-corrected chi connectivity index (χ3v) is 2.02. The fourth-order valence-corrected chi connectivity index (χ4v) is 1.14. The quantitative estimate of drug-likeness (QED) is 0.385. The van der Waals surface area contributed by atoms with Crippen LogP contribution in [0.15, 0.2) is 18.2 Å². The molecule has 0 radical (unpaired) electrons. The molecule has 0 aliphatic heterocycles. The van der Waals surface area contributed by atoms with Crippen LogP contribution in [0.5, 0.6) is 0 Å². The Labute approximate surface area is 138 Å². The number of hydrogen-bond acceptors (Lipinski definition) is 2. The number of carbonyl (C=O) groups is 1. The van der Waals surface area contributed by atoms with Gasteiger partial charge in [-0.2, -0.15) is 0 Å². The Balaban J connectivity index is 0.00000256. The summed E-state index contributed by atoms with van der Waals surface area (Å²) in [5.74, 6) is -1.76. The van der Waals surface area contributed by atoms with Crippen molar-refractivity contribution in [3.63, 3.8) is 0 Å². The third kappa shape index (κ3) is 5.09. The number of halogens is 4. The second kappa shape index (κ2) is 6.89. The molecule has 0 heterocycles. The Hall–Kier alpha value is 0.111. The number of benzene rings is 1. The standard InChI is InChI=1S/C9H8BF4O2.K/c1-16-9(15)4-6-2-3-7(5-8(6)11)10(12,13)14;/h2-3,5H,4H2,1H3;/q-1;+1. The molecule has 1 aromatic carbocycles. The van der Waals surface area contributed by atoms with Crippen LogP contribution in [-0.4, -0.2) is 20.1 Å². The van der Waals surface area contributed by atoms with Crippen LogP contribution in [0, 0.1) is 5.82 Å². The minimum atomic E-state index is -5.22. The van der Waals surface area contributed by atoms with Crippen molar-refractivity contribution in [2.45, 2.75) is 6.42 Å². The van der Waals surface area contributed by atoms with Crippen molar-refractivity contribution in [1.29, 1.82) is 0 Å². The third-order valence-electron chi connectivity index (χ3n) is 2.02. The summed E-state index contributed by atoms with van der Waals surface area (Å²) < 4.78 is 54.2. The Morgan fingerprint density at radius 1 is 1.35 bits per heavy atom. The molecule has 0 bridgehead atoms. The largest absolute Gasteiger partial charge is 1.00 e. The smallest absolute Gasteiger partial charge is 0.469 e. The van der Waals surface area contributed by atoms with E-state index in [1.165, 1.54) is 0 Å². The SMILES string of the molecule is COC(=O)Cc1ccc([B-](F)(F)F)cc1F.[K+].